The predicted molar refractivity (Wildman–Crippen MR) is 93.2 cm³/mol. The number of rotatable bonds is 5. The molecule has 2 nitrogen and oxygen atoms in total. The van der Waals surface area contributed by atoms with Crippen LogP contribution in [0.5, 0.6) is 0 Å². The molecule has 1 amide bonds. The van der Waals surface area contributed by atoms with Crippen LogP contribution in [-0.2, 0) is 6.42 Å². The first-order valence-electron chi connectivity index (χ1n) is 7.98. The highest BCUT2D eigenvalue weighted by atomic mass is 19.1. The molecule has 0 fully saturated rings. The second-order valence-corrected chi connectivity index (χ2v) is 5.75. The van der Waals surface area contributed by atoms with Gasteiger partial charge in [0.25, 0.3) is 5.91 Å². The Labute approximate surface area is 145 Å². The summed E-state index contributed by atoms with van der Waals surface area (Å²) >= 11 is 0. The molecule has 0 spiro atoms. The lowest BCUT2D eigenvalue weighted by molar-refractivity contribution is 0.0932. The monoisotopic (exact) mass is 337 g/mol. The van der Waals surface area contributed by atoms with Crippen LogP contribution in [0.4, 0.5) is 8.78 Å². The molecule has 126 valence electrons. The van der Waals surface area contributed by atoms with Gasteiger partial charge in [0.15, 0.2) is 0 Å². The molecular weight excluding hydrogens is 320 g/mol. The Bertz CT molecular complexity index is 850. The third-order valence-corrected chi connectivity index (χ3v) is 3.97. The Balaban J connectivity index is 1.85. The molecule has 1 atom stereocenters. The topological polar surface area (TPSA) is 29.1 Å². The zero-order valence-corrected chi connectivity index (χ0v) is 13.5. The first kappa shape index (κ1) is 16.8. The molecule has 0 aliphatic heterocycles. The van der Waals surface area contributed by atoms with Crippen LogP contribution in [0.15, 0.2) is 78.9 Å². The van der Waals surface area contributed by atoms with Gasteiger partial charge in [0.2, 0.25) is 0 Å². The van der Waals surface area contributed by atoms with E-state index in [9.17, 15) is 13.6 Å². The Morgan fingerprint density at radius 1 is 0.880 bits per heavy atom. The number of nitrogens with one attached hydrogen (secondary N) is 1. The van der Waals surface area contributed by atoms with Gasteiger partial charge in [0, 0.05) is 6.07 Å². The fourth-order valence-corrected chi connectivity index (χ4v) is 2.70. The Hall–Kier alpha value is -3.01. The molecule has 4 heteroatoms. The van der Waals surface area contributed by atoms with Gasteiger partial charge in [-0.05, 0) is 29.7 Å². The van der Waals surface area contributed by atoms with Crippen molar-refractivity contribution in [1.82, 2.24) is 5.32 Å². The normalized spacial score (nSPS) is 11.8. The van der Waals surface area contributed by atoms with Crippen LogP contribution in [0, 0.1) is 11.6 Å². The Morgan fingerprint density at radius 2 is 1.52 bits per heavy atom. The minimum Gasteiger partial charge on any atom is -0.345 e. The second kappa shape index (κ2) is 7.71. The maximum atomic E-state index is 13.9. The second-order valence-electron chi connectivity index (χ2n) is 5.75. The largest absolute Gasteiger partial charge is 0.345 e. The summed E-state index contributed by atoms with van der Waals surface area (Å²) in [6, 6.07) is 21.8. The number of halogens is 2. The lowest BCUT2D eigenvalue weighted by atomic mass is 9.98. The van der Waals surface area contributed by atoms with Gasteiger partial charge in [-0.3, -0.25) is 4.79 Å². The number of carbonyl (C=O) groups is 1. The smallest absolute Gasteiger partial charge is 0.254 e. The van der Waals surface area contributed by atoms with Crippen molar-refractivity contribution in [3.63, 3.8) is 0 Å². The van der Waals surface area contributed by atoms with E-state index in [1.807, 2.05) is 60.7 Å². The first-order valence-corrected chi connectivity index (χ1v) is 7.98. The van der Waals surface area contributed by atoms with Gasteiger partial charge >= 0.3 is 0 Å². The highest BCUT2D eigenvalue weighted by Crippen LogP contribution is 2.20. The van der Waals surface area contributed by atoms with Gasteiger partial charge in [0.1, 0.15) is 11.6 Å². The van der Waals surface area contributed by atoms with Crippen molar-refractivity contribution >= 4 is 5.91 Å². The minimum absolute atomic E-state index is 0.171. The number of amides is 1. The van der Waals surface area contributed by atoms with E-state index >= 15 is 0 Å². The highest BCUT2D eigenvalue weighted by molar-refractivity contribution is 5.94. The lowest BCUT2D eigenvalue weighted by Crippen LogP contribution is -2.30. The molecule has 0 heterocycles. The van der Waals surface area contributed by atoms with E-state index in [2.05, 4.69) is 5.32 Å². The van der Waals surface area contributed by atoms with Crippen LogP contribution in [0.25, 0.3) is 0 Å². The van der Waals surface area contributed by atoms with Crippen LogP contribution in [0.1, 0.15) is 27.5 Å². The first-order chi connectivity index (χ1) is 12.1. The zero-order valence-electron chi connectivity index (χ0n) is 13.5. The molecule has 0 aliphatic rings. The van der Waals surface area contributed by atoms with Crippen molar-refractivity contribution in [2.45, 2.75) is 12.5 Å². The summed E-state index contributed by atoms with van der Waals surface area (Å²) in [6.45, 7) is 0. The molecule has 0 aromatic heterocycles. The van der Waals surface area contributed by atoms with Gasteiger partial charge in [-0.15, -0.1) is 0 Å². The van der Waals surface area contributed by atoms with Crippen molar-refractivity contribution in [3.8, 4) is 0 Å². The Morgan fingerprint density at radius 3 is 2.16 bits per heavy atom. The fourth-order valence-electron chi connectivity index (χ4n) is 2.70. The number of hydrogen-bond acceptors (Lipinski definition) is 1. The molecule has 25 heavy (non-hydrogen) atoms. The van der Waals surface area contributed by atoms with E-state index in [0.29, 0.717) is 12.5 Å². The van der Waals surface area contributed by atoms with Gasteiger partial charge in [0.05, 0.1) is 11.6 Å². The van der Waals surface area contributed by atoms with Gasteiger partial charge in [-0.2, -0.15) is 0 Å². The maximum Gasteiger partial charge on any atom is 0.254 e. The van der Waals surface area contributed by atoms with Crippen molar-refractivity contribution in [2.24, 2.45) is 0 Å². The van der Waals surface area contributed by atoms with Gasteiger partial charge in [-0.25, -0.2) is 8.78 Å². The van der Waals surface area contributed by atoms with E-state index in [0.717, 1.165) is 23.3 Å². The fraction of sp³-hybridized carbons (Fsp3) is 0.0952. The van der Waals surface area contributed by atoms with Crippen LogP contribution >= 0.6 is 0 Å². The molecule has 0 radical (unpaired) electrons. The molecule has 3 aromatic rings. The minimum atomic E-state index is -0.871. The average molecular weight is 337 g/mol. The molecule has 0 aliphatic carbocycles. The summed E-state index contributed by atoms with van der Waals surface area (Å²) in [7, 11) is 0. The van der Waals surface area contributed by atoms with Crippen LogP contribution in [0.2, 0.25) is 0 Å². The molecule has 3 rings (SSSR count). The van der Waals surface area contributed by atoms with Crippen LogP contribution in [-0.4, -0.2) is 5.91 Å². The third-order valence-electron chi connectivity index (χ3n) is 3.97. The van der Waals surface area contributed by atoms with Crippen molar-refractivity contribution in [1.29, 1.82) is 0 Å². The van der Waals surface area contributed by atoms with E-state index < -0.39 is 17.5 Å². The highest BCUT2D eigenvalue weighted by Gasteiger charge is 2.19. The van der Waals surface area contributed by atoms with Crippen molar-refractivity contribution in [2.75, 3.05) is 0 Å². The molecule has 0 saturated carbocycles. The number of carbonyl (C=O) groups excluding carboxylic acids is 1. The molecule has 1 N–H and O–H groups in total. The average Bonchev–Trinajstić information content (AvgIpc) is 2.62. The maximum absolute atomic E-state index is 13.9. The van der Waals surface area contributed by atoms with E-state index in [-0.39, 0.29) is 11.6 Å². The van der Waals surface area contributed by atoms with Crippen molar-refractivity contribution < 1.29 is 13.6 Å². The molecule has 3 aromatic carbocycles. The van der Waals surface area contributed by atoms with E-state index in [4.69, 9.17) is 0 Å². The van der Waals surface area contributed by atoms with Gasteiger partial charge < -0.3 is 5.32 Å². The van der Waals surface area contributed by atoms with Gasteiger partial charge in [-0.1, -0.05) is 60.7 Å². The van der Waals surface area contributed by atoms with Crippen molar-refractivity contribution in [3.05, 3.63) is 107 Å². The summed E-state index contributed by atoms with van der Waals surface area (Å²) < 4.78 is 26.9. The molecule has 0 saturated heterocycles. The summed E-state index contributed by atoms with van der Waals surface area (Å²) in [5, 5.41) is 2.86. The molecule has 0 unspecified atom stereocenters. The number of hydrogen-bond donors (Lipinski definition) is 1. The SMILES string of the molecule is O=C(N[C@@H](Cc1ccccc1)c1ccccc1)c1ccc(F)cc1F. The predicted octanol–water partition coefficient (Wildman–Crippen LogP) is 4.68. The van der Waals surface area contributed by atoms with Crippen LogP contribution in [0.3, 0.4) is 0 Å². The summed E-state index contributed by atoms with van der Waals surface area (Å²) in [5.41, 5.74) is 1.80. The number of benzene rings is 3. The third kappa shape index (κ3) is 4.29. The van der Waals surface area contributed by atoms with E-state index in [1.165, 1.54) is 0 Å². The molecular formula is C21H17F2NO. The quantitative estimate of drug-likeness (QED) is 0.720. The lowest BCUT2D eigenvalue weighted by Gasteiger charge is -2.20. The standard InChI is InChI=1S/C21H17F2NO/c22-17-11-12-18(19(23)14-17)21(25)24-20(16-9-5-2-6-10-16)13-15-7-3-1-4-8-15/h1-12,14,20H,13H2,(H,24,25)/t20-/m0/s1. The molecule has 0 bridgehead atoms. The summed E-state index contributed by atoms with van der Waals surface area (Å²) in [4.78, 5) is 12.5. The van der Waals surface area contributed by atoms with E-state index in [1.54, 1.807) is 0 Å². The zero-order chi connectivity index (χ0) is 17.6. The van der Waals surface area contributed by atoms with Crippen LogP contribution < -0.4 is 5.32 Å². The summed E-state index contributed by atoms with van der Waals surface area (Å²) in [6.07, 6.45) is 0.569. The summed E-state index contributed by atoms with van der Waals surface area (Å²) in [5.74, 6) is -2.15. The Kier molecular flexibility index (Phi) is 5.19.